The summed E-state index contributed by atoms with van der Waals surface area (Å²) >= 11 is 0. The van der Waals surface area contributed by atoms with E-state index in [1.54, 1.807) is 31.4 Å². The predicted molar refractivity (Wildman–Crippen MR) is 76.5 cm³/mol. The van der Waals surface area contributed by atoms with Crippen LogP contribution in [0.15, 0.2) is 30.5 Å². The van der Waals surface area contributed by atoms with Gasteiger partial charge in [-0.1, -0.05) is 6.07 Å². The third-order valence-electron chi connectivity index (χ3n) is 3.13. The third-order valence-corrected chi connectivity index (χ3v) is 3.13. The van der Waals surface area contributed by atoms with Crippen molar-refractivity contribution in [3.8, 4) is 0 Å². The van der Waals surface area contributed by atoms with Crippen LogP contribution in [0.4, 0.5) is 20.4 Å². The molecule has 0 atom stereocenters. The zero-order valence-corrected chi connectivity index (χ0v) is 11.7. The molecule has 0 amide bonds. The van der Waals surface area contributed by atoms with Crippen LogP contribution in [0.3, 0.4) is 0 Å². The van der Waals surface area contributed by atoms with E-state index in [2.05, 4.69) is 20.3 Å². The molecule has 3 heterocycles. The second-order valence-electron chi connectivity index (χ2n) is 4.77. The minimum atomic E-state index is -2.73. The first-order chi connectivity index (χ1) is 10.5. The molecule has 3 aromatic rings. The first-order valence-corrected chi connectivity index (χ1v) is 6.46. The van der Waals surface area contributed by atoms with Gasteiger partial charge in [-0.3, -0.25) is 0 Å². The van der Waals surface area contributed by atoms with Gasteiger partial charge in [0.1, 0.15) is 11.6 Å². The molecule has 0 aromatic carbocycles. The Hall–Kier alpha value is -2.84. The SMILES string of the molecule is CN(Cc1ccc(N)nc1)c1ccc2nnc(C(F)F)n2n1. The monoisotopic (exact) mass is 305 g/mol. The van der Waals surface area contributed by atoms with Gasteiger partial charge in [-0.15, -0.1) is 15.3 Å². The fraction of sp³-hybridized carbons (Fsp3) is 0.231. The van der Waals surface area contributed by atoms with E-state index in [-0.39, 0.29) is 5.65 Å². The molecular formula is C13H13F2N7. The van der Waals surface area contributed by atoms with Gasteiger partial charge in [0, 0.05) is 19.8 Å². The fourth-order valence-corrected chi connectivity index (χ4v) is 2.02. The van der Waals surface area contributed by atoms with Gasteiger partial charge in [0.25, 0.3) is 6.43 Å². The second kappa shape index (κ2) is 5.51. The van der Waals surface area contributed by atoms with Crippen molar-refractivity contribution in [2.75, 3.05) is 17.7 Å². The summed E-state index contributed by atoms with van der Waals surface area (Å²) in [5.41, 5.74) is 6.75. The lowest BCUT2D eigenvalue weighted by molar-refractivity contribution is 0.137. The van der Waals surface area contributed by atoms with Crippen molar-refractivity contribution in [3.63, 3.8) is 0 Å². The lowest BCUT2D eigenvalue weighted by Gasteiger charge is -2.18. The Morgan fingerprint density at radius 2 is 2.05 bits per heavy atom. The van der Waals surface area contributed by atoms with Gasteiger partial charge < -0.3 is 10.6 Å². The number of hydrogen-bond donors (Lipinski definition) is 1. The molecule has 114 valence electrons. The molecule has 9 heteroatoms. The normalized spacial score (nSPS) is 11.3. The van der Waals surface area contributed by atoms with Crippen LogP contribution in [0.25, 0.3) is 5.65 Å². The van der Waals surface area contributed by atoms with Crippen molar-refractivity contribution in [2.24, 2.45) is 0 Å². The van der Waals surface area contributed by atoms with E-state index in [0.29, 0.717) is 18.2 Å². The summed E-state index contributed by atoms with van der Waals surface area (Å²) in [6, 6.07) is 6.85. The van der Waals surface area contributed by atoms with E-state index in [1.165, 1.54) is 0 Å². The van der Waals surface area contributed by atoms with Crippen molar-refractivity contribution < 1.29 is 8.78 Å². The molecule has 7 nitrogen and oxygen atoms in total. The number of rotatable bonds is 4. The Morgan fingerprint density at radius 1 is 1.23 bits per heavy atom. The van der Waals surface area contributed by atoms with Crippen molar-refractivity contribution in [1.29, 1.82) is 0 Å². The Bertz CT molecular complexity index is 785. The second-order valence-corrected chi connectivity index (χ2v) is 4.77. The molecule has 3 rings (SSSR count). The summed E-state index contributed by atoms with van der Waals surface area (Å²) < 4.78 is 26.8. The Kier molecular flexibility index (Phi) is 3.53. The molecule has 0 unspecified atom stereocenters. The van der Waals surface area contributed by atoms with E-state index in [4.69, 9.17) is 5.73 Å². The largest absolute Gasteiger partial charge is 0.384 e. The average molecular weight is 305 g/mol. The highest BCUT2D eigenvalue weighted by atomic mass is 19.3. The number of hydrogen-bond acceptors (Lipinski definition) is 6. The van der Waals surface area contributed by atoms with Crippen LogP contribution in [0.2, 0.25) is 0 Å². The zero-order chi connectivity index (χ0) is 15.7. The summed E-state index contributed by atoms with van der Waals surface area (Å²) in [7, 11) is 1.80. The Morgan fingerprint density at radius 3 is 2.73 bits per heavy atom. The van der Waals surface area contributed by atoms with E-state index in [1.807, 2.05) is 11.0 Å². The fourth-order valence-electron chi connectivity index (χ4n) is 2.02. The van der Waals surface area contributed by atoms with Crippen LogP contribution in [0.5, 0.6) is 0 Å². The molecule has 0 aliphatic rings. The molecular weight excluding hydrogens is 292 g/mol. The highest BCUT2D eigenvalue weighted by Crippen LogP contribution is 2.19. The van der Waals surface area contributed by atoms with Crippen LogP contribution in [-0.2, 0) is 6.54 Å². The maximum atomic E-state index is 12.9. The van der Waals surface area contributed by atoms with Crippen molar-refractivity contribution in [2.45, 2.75) is 13.0 Å². The van der Waals surface area contributed by atoms with E-state index < -0.39 is 12.2 Å². The van der Waals surface area contributed by atoms with E-state index in [9.17, 15) is 8.78 Å². The molecule has 0 saturated heterocycles. The summed E-state index contributed by atoms with van der Waals surface area (Å²) in [6.07, 6.45) is -1.07. The number of alkyl halides is 2. The number of anilines is 2. The predicted octanol–water partition coefficient (Wildman–Crippen LogP) is 1.68. The molecule has 22 heavy (non-hydrogen) atoms. The summed E-state index contributed by atoms with van der Waals surface area (Å²) in [4.78, 5) is 5.82. The summed E-state index contributed by atoms with van der Waals surface area (Å²) in [5.74, 6) is 0.488. The van der Waals surface area contributed by atoms with Crippen LogP contribution in [0.1, 0.15) is 17.8 Å². The molecule has 0 aliphatic carbocycles. The quantitative estimate of drug-likeness (QED) is 0.789. The van der Waals surface area contributed by atoms with Gasteiger partial charge >= 0.3 is 0 Å². The van der Waals surface area contributed by atoms with Crippen LogP contribution in [-0.4, -0.2) is 31.8 Å². The molecule has 3 aromatic heterocycles. The van der Waals surface area contributed by atoms with Gasteiger partial charge in [-0.2, -0.15) is 4.52 Å². The molecule has 0 aliphatic heterocycles. The minimum absolute atomic E-state index is 0.279. The van der Waals surface area contributed by atoms with Gasteiger partial charge in [0.2, 0.25) is 5.82 Å². The number of aromatic nitrogens is 5. The van der Waals surface area contributed by atoms with E-state index in [0.717, 1.165) is 10.1 Å². The number of nitrogens with zero attached hydrogens (tertiary/aromatic N) is 6. The maximum Gasteiger partial charge on any atom is 0.299 e. The molecule has 0 fully saturated rings. The lowest BCUT2D eigenvalue weighted by Crippen LogP contribution is -2.19. The third kappa shape index (κ3) is 2.65. The van der Waals surface area contributed by atoms with Gasteiger partial charge in [-0.25, -0.2) is 13.8 Å². The number of fused-ring (bicyclic) bond motifs is 1. The van der Waals surface area contributed by atoms with E-state index >= 15 is 0 Å². The van der Waals surface area contributed by atoms with Crippen LogP contribution in [0, 0.1) is 0 Å². The smallest absolute Gasteiger partial charge is 0.299 e. The topological polar surface area (TPSA) is 85.2 Å². The molecule has 2 N–H and O–H groups in total. The Balaban J connectivity index is 1.88. The van der Waals surface area contributed by atoms with Crippen LogP contribution >= 0.6 is 0 Å². The highest BCUT2D eigenvalue weighted by Gasteiger charge is 2.17. The van der Waals surface area contributed by atoms with Crippen molar-refractivity contribution in [3.05, 3.63) is 41.9 Å². The lowest BCUT2D eigenvalue weighted by atomic mass is 10.2. The molecule has 0 bridgehead atoms. The Labute approximate surface area is 124 Å². The first kappa shape index (κ1) is 14.1. The highest BCUT2D eigenvalue weighted by molar-refractivity contribution is 5.46. The van der Waals surface area contributed by atoms with Gasteiger partial charge in [0.05, 0.1) is 0 Å². The average Bonchev–Trinajstić information content (AvgIpc) is 2.92. The van der Waals surface area contributed by atoms with Gasteiger partial charge in [0.15, 0.2) is 5.65 Å². The summed E-state index contributed by atoms with van der Waals surface area (Å²) in [5, 5.41) is 11.3. The van der Waals surface area contributed by atoms with Gasteiger partial charge in [-0.05, 0) is 23.8 Å². The minimum Gasteiger partial charge on any atom is -0.384 e. The maximum absolute atomic E-state index is 12.9. The number of halogens is 2. The van der Waals surface area contributed by atoms with Crippen LogP contribution < -0.4 is 10.6 Å². The zero-order valence-electron chi connectivity index (χ0n) is 11.7. The standard InChI is InChI=1S/C13H13F2N7/c1-21(7-8-2-3-9(16)17-6-8)11-5-4-10-18-19-13(12(14)15)22(10)20-11/h2-6,12H,7H2,1H3,(H2,16,17). The van der Waals surface area contributed by atoms with Crippen molar-refractivity contribution in [1.82, 2.24) is 24.8 Å². The number of nitrogens with two attached hydrogens (primary N) is 1. The molecule has 0 radical (unpaired) electrons. The summed E-state index contributed by atoms with van der Waals surface area (Å²) in [6.45, 7) is 0.512. The number of pyridine rings is 1. The molecule has 0 spiro atoms. The molecule has 0 saturated carbocycles. The van der Waals surface area contributed by atoms with Crippen molar-refractivity contribution >= 4 is 17.3 Å². The number of nitrogen functional groups attached to an aromatic ring is 1. The first-order valence-electron chi connectivity index (χ1n) is 6.46.